The second kappa shape index (κ2) is 7.95. The molecule has 0 aliphatic carbocycles. The molecule has 3 heteroatoms. The predicted molar refractivity (Wildman–Crippen MR) is 95.6 cm³/mol. The van der Waals surface area contributed by atoms with Gasteiger partial charge in [-0.3, -0.25) is 0 Å². The highest BCUT2D eigenvalue weighted by Gasteiger charge is 2.22. The quantitative estimate of drug-likeness (QED) is 0.600. The van der Waals surface area contributed by atoms with Gasteiger partial charge in [-0.05, 0) is 66.1 Å². The largest absolute Gasteiger partial charge is 0.309 e. The standard InChI is InChI=1S/C17H30BrNS/c1-7-8-19-15(9-12(2)11-17(4,5)6)16-14(18)10-13(3)20-16/h10,12,15,19H,7-9,11H2,1-6H3. The molecular weight excluding hydrogens is 330 g/mol. The molecule has 0 aliphatic rings. The minimum atomic E-state index is 0.414. The fraction of sp³-hybridized carbons (Fsp3) is 0.765. The van der Waals surface area contributed by atoms with Crippen LogP contribution in [0.4, 0.5) is 0 Å². The zero-order valence-corrected chi connectivity index (χ0v) is 16.2. The number of hydrogen-bond donors (Lipinski definition) is 1. The van der Waals surface area contributed by atoms with Gasteiger partial charge in [0.15, 0.2) is 0 Å². The topological polar surface area (TPSA) is 12.0 Å². The first kappa shape index (κ1) is 18.2. The summed E-state index contributed by atoms with van der Waals surface area (Å²) in [6.07, 6.45) is 3.68. The van der Waals surface area contributed by atoms with Gasteiger partial charge in [-0.2, -0.15) is 0 Å². The summed E-state index contributed by atoms with van der Waals surface area (Å²) in [5, 5.41) is 3.74. The molecule has 1 nitrogen and oxygen atoms in total. The van der Waals surface area contributed by atoms with E-state index in [4.69, 9.17) is 0 Å². The minimum Gasteiger partial charge on any atom is -0.309 e. The van der Waals surface area contributed by atoms with Crippen molar-refractivity contribution in [2.24, 2.45) is 11.3 Å². The van der Waals surface area contributed by atoms with Crippen molar-refractivity contribution in [1.29, 1.82) is 0 Å². The summed E-state index contributed by atoms with van der Waals surface area (Å²) < 4.78 is 1.27. The van der Waals surface area contributed by atoms with Crippen molar-refractivity contribution in [3.8, 4) is 0 Å². The normalized spacial score (nSPS) is 15.3. The summed E-state index contributed by atoms with van der Waals surface area (Å²) in [5.41, 5.74) is 0.414. The number of thiophene rings is 1. The van der Waals surface area contributed by atoms with Crippen LogP contribution in [0.2, 0.25) is 0 Å². The summed E-state index contributed by atoms with van der Waals surface area (Å²) in [6, 6.07) is 2.73. The Bertz CT molecular complexity index is 406. The molecule has 1 N–H and O–H groups in total. The Morgan fingerprint density at radius 2 is 2.00 bits per heavy atom. The number of halogens is 1. The fourth-order valence-corrected chi connectivity index (χ4v) is 4.89. The first-order valence-corrected chi connectivity index (χ1v) is 9.33. The van der Waals surface area contributed by atoms with E-state index in [9.17, 15) is 0 Å². The van der Waals surface area contributed by atoms with Crippen molar-refractivity contribution in [2.45, 2.75) is 66.8 Å². The van der Waals surface area contributed by atoms with Gasteiger partial charge in [0.1, 0.15) is 0 Å². The summed E-state index contributed by atoms with van der Waals surface area (Å²) >= 11 is 5.65. The molecule has 1 aromatic heterocycles. The Morgan fingerprint density at radius 1 is 1.35 bits per heavy atom. The Hall–Kier alpha value is 0.140. The van der Waals surface area contributed by atoms with E-state index in [-0.39, 0.29) is 0 Å². The molecule has 0 bridgehead atoms. The summed E-state index contributed by atoms with van der Waals surface area (Å²) in [5.74, 6) is 0.735. The van der Waals surface area contributed by atoms with Crippen LogP contribution < -0.4 is 5.32 Å². The van der Waals surface area contributed by atoms with E-state index in [1.165, 1.54) is 33.5 Å². The zero-order chi connectivity index (χ0) is 15.3. The minimum absolute atomic E-state index is 0.414. The zero-order valence-electron chi connectivity index (χ0n) is 13.8. The van der Waals surface area contributed by atoms with Crippen LogP contribution >= 0.6 is 27.3 Å². The van der Waals surface area contributed by atoms with Crippen LogP contribution in [-0.2, 0) is 0 Å². The van der Waals surface area contributed by atoms with E-state index >= 15 is 0 Å². The number of hydrogen-bond acceptors (Lipinski definition) is 2. The SMILES string of the molecule is CCCNC(CC(C)CC(C)(C)C)c1sc(C)cc1Br. The van der Waals surface area contributed by atoms with E-state index < -0.39 is 0 Å². The van der Waals surface area contributed by atoms with Gasteiger partial charge in [-0.15, -0.1) is 11.3 Å². The first-order valence-electron chi connectivity index (χ1n) is 7.72. The van der Waals surface area contributed by atoms with Crippen LogP contribution in [0.3, 0.4) is 0 Å². The monoisotopic (exact) mass is 359 g/mol. The maximum atomic E-state index is 3.74. The molecule has 0 radical (unpaired) electrons. The molecule has 1 aromatic rings. The van der Waals surface area contributed by atoms with Crippen LogP contribution in [0.5, 0.6) is 0 Å². The van der Waals surface area contributed by atoms with Gasteiger partial charge in [0.2, 0.25) is 0 Å². The fourth-order valence-electron chi connectivity index (χ4n) is 2.87. The molecular formula is C17H30BrNS. The Kier molecular flexibility index (Phi) is 7.23. The third-order valence-corrected chi connectivity index (χ3v) is 5.48. The predicted octanol–water partition coefficient (Wildman–Crippen LogP) is 6.32. The third kappa shape index (κ3) is 6.28. The molecule has 0 amide bonds. The summed E-state index contributed by atoms with van der Waals surface area (Å²) in [4.78, 5) is 2.86. The molecule has 0 saturated carbocycles. The summed E-state index contributed by atoms with van der Waals surface area (Å²) in [6.45, 7) is 14.9. The Morgan fingerprint density at radius 3 is 2.45 bits per heavy atom. The molecule has 20 heavy (non-hydrogen) atoms. The highest BCUT2D eigenvalue weighted by atomic mass is 79.9. The van der Waals surface area contributed by atoms with Crippen molar-refractivity contribution in [1.82, 2.24) is 5.32 Å². The van der Waals surface area contributed by atoms with Gasteiger partial charge >= 0.3 is 0 Å². The Labute approximate surface area is 137 Å². The molecule has 1 heterocycles. The lowest BCUT2D eigenvalue weighted by molar-refractivity contribution is 0.276. The van der Waals surface area contributed by atoms with Crippen LogP contribution in [-0.4, -0.2) is 6.54 Å². The van der Waals surface area contributed by atoms with E-state index in [2.05, 4.69) is 68.9 Å². The molecule has 0 aromatic carbocycles. The number of aryl methyl sites for hydroxylation is 1. The van der Waals surface area contributed by atoms with Crippen molar-refractivity contribution in [2.75, 3.05) is 6.54 Å². The van der Waals surface area contributed by atoms with Gasteiger partial charge in [0, 0.05) is 20.3 Å². The first-order chi connectivity index (χ1) is 9.23. The number of nitrogens with one attached hydrogen (secondary N) is 1. The average Bonchev–Trinajstić information content (AvgIpc) is 2.61. The average molecular weight is 360 g/mol. The second-order valence-electron chi connectivity index (χ2n) is 7.18. The van der Waals surface area contributed by atoms with E-state index in [0.29, 0.717) is 11.5 Å². The third-order valence-electron chi connectivity index (χ3n) is 3.39. The smallest absolute Gasteiger partial charge is 0.0428 e. The molecule has 0 saturated heterocycles. The Balaban J connectivity index is 2.77. The van der Waals surface area contributed by atoms with E-state index in [1.54, 1.807) is 0 Å². The van der Waals surface area contributed by atoms with E-state index in [1.807, 2.05) is 11.3 Å². The van der Waals surface area contributed by atoms with E-state index in [0.717, 1.165) is 12.5 Å². The van der Waals surface area contributed by atoms with Crippen molar-refractivity contribution in [3.63, 3.8) is 0 Å². The highest BCUT2D eigenvalue weighted by Crippen LogP contribution is 2.37. The molecule has 1 rings (SSSR count). The molecule has 0 aliphatic heterocycles. The summed E-state index contributed by atoms with van der Waals surface area (Å²) in [7, 11) is 0. The molecule has 0 spiro atoms. The maximum absolute atomic E-state index is 3.74. The lowest BCUT2D eigenvalue weighted by atomic mass is 9.82. The van der Waals surface area contributed by atoms with Crippen LogP contribution in [0.15, 0.2) is 10.5 Å². The lowest BCUT2D eigenvalue weighted by Crippen LogP contribution is -2.24. The highest BCUT2D eigenvalue weighted by molar-refractivity contribution is 9.10. The van der Waals surface area contributed by atoms with Crippen LogP contribution in [0, 0.1) is 18.3 Å². The van der Waals surface area contributed by atoms with Gasteiger partial charge in [-0.25, -0.2) is 0 Å². The van der Waals surface area contributed by atoms with Gasteiger partial charge in [0.25, 0.3) is 0 Å². The molecule has 116 valence electrons. The van der Waals surface area contributed by atoms with Crippen LogP contribution in [0.25, 0.3) is 0 Å². The van der Waals surface area contributed by atoms with Crippen molar-refractivity contribution < 1.29 is 0 Å². The molecule has 0 fully saturated rings. The van der Waals surface area contributed by atoms with Gasteiger partial charge < -0.3 is 5.32 Å². The van der Waals surface area contributed by atoms with Crippen LogP contribution in [0.1, 0.15) is 69.7 Å². The second-order valence-corrected chi connectivity index (χ2v) is 9.32. The van der Waals surface area contributed by atoms with Crippen molar-refractivity contribution in [3.05, 3.63) is 20.3 Å². The van der Waals surface area contributed by atoms with Crippen molar-refractivity contribution >= 4 is 27.3 Å². The molecule has 2 unspecified atom stereocenters. The van der Waals surface area contributed by atoms with Gasteiger partial charge in [0.05, 0.1) is 0 Å². The van der Waals surface area contributed by atoms with Gasteiger partial charge in [-0.1, -0.05) is 34.6 Å². The number of rotatable bonds is 7. The lowest BCUT2D eigenvalue weighted by Gasteiger charge is -2.27. The molecule has 2 atom stereocenters. The maximum Gasteiger partial charge on any atom is 0.0428 e.